The van der Waals surface area contributed by atoms with Crippen molar-refractivity contribution in [1.29, 1.82) is 0 Å². The molecule has 2 fully saturated rings. The van der Waals surface area contributed by atoms with Gasteiger partial charge in [-0.3, -0.25) is 4.79 Å². The number of cyclic esters (lactones) is 1. The molecule has 6 atom stereocenters. The summed E-state index contributed by atoms with van der Waals surface area (Å²) in [5.41, 5.74) is 3.19. The lowest BCUT2D eigenvalue weighted by Gasteiger charge is -2.45. The Balaban J connectivity index is 1.49. The van der Waals surface area contributed by atoms with Gasteiger partial charge in [-0.1, -0.05) is 42.5 Å². The Morgan fingerprint density at radius 1 is 1.11 bits per heavy atom. The van der Waals surface area contributed by atoms with Crippen LogP contribution in [0.15, 0.2) is 54.6 Å². The summed E-state index contributed by atoms with van der Waals surface area (Å²) in [6.07, 6.45) is 1.02. The van der Waals surface area contributed by atoms with Gasteiger partial charge in [-0.25, -0.2) is 4.79 Å². The Hall–Kier alpha value is -2.66. The van der Waals surface area contributed by atoms with Gasteiger partial charge < -0.3 is 14.4 Å². The van der Waals surface area contributed by atoms with Gasteiger partial charge in [-0.15, -0.1) is 0 Å². The highest BCUT2D eigenvalue weighted by Gasteiger charge is 2.60. The minimum Gasteiger partial charge on any atom is -0.457 e. The van der Waals surface area contributed by atoms with E-state index in [-0.39, 0.29) is 36.0 Å². The number of carbonyl (C=O) groups excluding carboxylic acids is 2. The van der Waals surface area contributed by atoms with Crippen LogP contribution in [-0.2, 0) is 20.7 Å². The van der Waals surface area contributed by atoms with Gasteiger partial charge in [0, 0.05) is 18.4 Å². The van der Waals surface area contributed by atoms with E-state index in [0.717, 1.165) is 13.0 Å². The van der Waals surface area contributed by atoms with Crippen LogP contribution in [0.2, 0.25) is 0 Å². The molecule has 2 saturated heterocycles. The molecule has 5 heteroatoms. The van der Waals surface area contributed by atoms with Gasteiger partial charge in [0.2, 0.25) is 0 Å². The molecule has 0 spiro atoms. The van der Waals surface area contributed by atoms with Crippen molar-refractivity contribution in [1.82, 2.24) is 0 Å². The van der Waals surface area contributed by atoms with Crippen LogP contribution < -0.4 is 4.90 Å². The number of hydrogen-bond donors (Lipinski definition) is 1. The van der Waals surface area contributed by atoms with Crippen LogP contribution in [0.25, 0.3) is 0 Å². The number of piperidine rings is 1. The van der Waals surface area contributed by atoms with Crippen LogP contribution >= 0.6 is 0 Å². The van der Waals surface area contributed by atoms with E-state index >= 15 is 0 Å². The number of carbonyl (C=O) groups is 2. The first-order valence-electron chi connectivity index (χ1n) is 10.0. The van der Waals surface area contributed by atoms with Crippen LogP contribution in [0.5, 0.6) is 0 Å². The molecule has 28 heavy (non-hydrogen) atoms. The molecule has 0 bridgehead atoms. The van der Waals surface area contributed by atoms with Crippen LogP contribution in [-0.4, -0.2) is 36.7 Å². The average Bonchev–Trinajstić information content (AvgIpc) is 3.03. The Morgan fingerprint density at radius 2 is 1.86 bits per heavy atom. The van der Waals surface area contributed by atoms with E-state index in [9.17, 15) is 9.59 Å². The first kappa shape index (κ1) is 17.4. The van der Waals surface area contributed by atoms with E-state index in [1.807, 2.05) is 25.1 Å². The minimum absolute atomic E-state index is 0.0215. The minimum atomic E-state index is -0.463. The van der Waals surface area contributed by atoms with Crippen LogP contribution in [0.3, 0.4) is 0 Å². The Morgan fingerprint density at radius 3 is 2.68 bits per heavy atom. The molecule has 3 aliphatic heterocycles. The number of ether oxygens (including phenoxy) is 2. The highest BCUT2D eigenvalue weighted by atomic mass is 16.6. The highest BCUT2D eigenvalue weighted by molar-refractivity contribution is 5.89. The number of hydrogen-bond acceptors (Lipinski definition) is 4. The number of benzene rings is 2. The molecule has 1 N–H and O–H groups in total. The van der Waals surface area contributed by atoms with E-state index in [2.05, 4.69) is 24.3 Å². The summed E-state index contributed by atoms with van der Waals surface area (Å²) in [4.78, 5) is 26.8. The largest absolute Gasteiger partial charge is 0.457 e. The second-order valence-electron chi connectivity index (χ2n) is 8.07. The number of rotatable bonds is 2. The SMILES string of the molecule is C[C@@H]1OC(=O)[C@@H]2[C@@H]1[NH+]1CCc3ccccc3[C@@H]1C[C@@H]2OC(=O)c1ccccc1. The molecule has 5 nitrogen and oxygen atoms in total. The second-order valence-corrected chi connectivity index (χ2v) is 8.07. The van der Waals surface area contributed by atoms with Crippen LogP contribution in [0, 0.1) is 5.92 Å². The van der Waals surface area contributed by atoms with Gasteiger partial charge in [0.05, 0.1) is 12.1 Å². The summed E-state index contributed by atoms with van der Waals surface area (Å²) in [5, 5.41) is 0. The summed E-state index contributed by atoms with van der Waals surface area (Å²) in [5.74, 6) is -0.989. The van der Waals surface area contributed by atoms with Crippen molar-refractivity contribution in [3.05, 3.63) is 71.3 Å². The second kappa shape index (κ2) is 6.74. The maximum Gasteiger partial charge on any atom is 0.338 e. The van der Waals surface area contributed by atoms with Crippen molar-refractivity contribution in [2.75, 3.05) is 6.54 Å². The molecule has 1 unspecified atom stereocenters. The van der Waals surface area contributed by atoms with E-state index in [1.165, 1.54) is 16.0 Å². The molecule has 0 saturated carbocycles. The van der Waals surface area contributed by atoms with E-state index in [1.54, 1.807) is 12.1 Å². The number of fused-ring (bicyclic) bond motifs is 5. The monoisotopic (exact) mass is 378 g/mol. The van der Waals surface area contributed by atoms with Crippen molar-refractivity contribution in [2.45, 2.75) is 44.1 Å². The topological polar surface area (TPSA) is 57.0 Å². The van der Waals surface area contributed by atoms with Crippen molar-refractivity contribution in [3.8, 4) is 0 Å². The summed E-state index contributed by atoms with van der Waals surface area (Å²) in [7, 11) is 0. The highest BCUT2D eigenvalue weighted by Crippen LogP contribution is 2.37. The predicted molar refractivity (Wildman–Crippen MR) is 102 cm³/mol. The number of nitrogens with one attached hydrogen (secondary N) is 1. The van der Waals surface area contributed by atoms with Gasteiger partial charge in [-0.2, -0.15) is 0 Å². The molecule has 0 aliphatic carbocycles. The third-order valence-corrected chi connectivity index (χ3v) is 6.59. The molecular weight excluding hydrogens is 354 g/mol. The van der Waals surface area contributed by atoms with Crippen molar-refractivity contribution < 1.29 is 24.0 Å². The molecule has 0 radical (unpaired) electrons. The smallest absolute Gasteiger partial charge is 0.338 e. The van der Waals surface area contributed by atoms with E-state index < -0.39 is 6.10 Å². The molecule has 3 aliphatic rings. The zero-order valence-electron chi connectivity index (χ0n) is 15.8. The summed E-state index contributed by atoms with van der Waals surface area (Å²) >= 11 is 0. The fraction of sp³-hybridized carbons (Fsp3) is 0.391. The van der Waals surface area contributed by atoms with Gasteiger partial charge in [0.1, 0.15) is 24.1 Å². The zero-order chi connectivity index (χ0) is 19.3. The van der Waals surface area contributed by atoms with Crippen molar-refractivity contribution >= 4 is 11.9 Å². The maximum absolute atomic E-state index is 12.7. The Labute approximate surface area is 164 Å². The van der Waals surface area contributed by atoms with Crippen LogP contribution in [0.1, 0.15) is 40.9 Å². The lowest BCUT2D eigenvalue weighted by atomic mass is 9.77. The van der Waals surface area contributed by atoms with Crippen molar-refractivity contribution in [3.63, 3.8) is 0 Å². The molecule has 2 aromatic carbocycles. The van der Waals surface area contributed by atoms with E-state index in [0.29, 0.717) is 12.0 Å². The fourth-order valence-electron chi connectivity index (χ4n) is 5.40. The standard InChI is InChI=1S/C23H23NO4/c1-14-21-20(23(26)27-14)19(28-22(25)16-8-3-2-4-9-16)13-18-17-10-6-5-7-15(17)11-12-24(18)21/h2-10,14,18-21H,11-13H2,1H3/p+1/t14-,18-,19-,20-,21+/m0/s1. The Bertz CT molecular complexity index is 912. The number of quaternary nitrogens is 1. The lowest BCUT2D eigenvalue weighted by Crippen LogP contribution is -3.20. The quantitative estimate of drug-likeness (QED) is 0.809. The Kier molecular flexibility index (Phi) is 4.20. The molecule has 0 amide bonds. The van der Waals surface area contributed by atoms with Gasteiger partial charge in [0.25, 0.3) is 0 Å². The predicted octanol–water partition coefficient (Wildman–Crippen LogP) is 1.73. The third kappa shape index (κ3) is 2.73. The third-order valence-electron chi connectivity index (χ3n) is 6.59. The summed E-state index contributed by atoms with van der Waals surface area (Å²) in [6.45, 7) is 2.94. The zero-order valence-corrected chi connectivity index (χ0v) is 15.8. The molecule has 144 valence electrons. The van der Waals surface area contributed by atoms with Gasteiger partial charge in [0.15, 0.2) is 6.10 Å². The first-order valence-corrected chi connectivity index (χ1v) is 10.0. The first-order chi connectivity index (χ1) is 13.6. The summed E-state index contributed by atoms with van der Waals surface area (Å²) in [6, 6.07) is 17.7. The molecular formula is C23H24NO4+. The number of esters is 2. The van der Waals surface area contributed by atoms with E-state index in [4.69, 9.17) is 9.47 Å². The molecule has 2 aromatic rings. The molecule has 3 heterocycles. The molecule has 0 aromatic heterocycles. The normalized spacial score (nSPS) is 33.2. The van der Waals surface area contributed by atoms with Gasteiger partial charge >= 0.3 is 11.9 Å². The summed E-state index contributed by atoms with van der Waals surface area (Å²) < 4.78 is 11.5. The fourth-order valence-corrected chi connectivity index (χ4v) is 5.40. The lowest BCUT2D eigenvalue weighted by molar-refractivity contribution is -0.968. The van der Waals surface area contributed by atoms with Crippen LogP contribution in [0.4, 0.5) is 0 Å². The average molecular weight is 378 g/mol. The molecule has 5 rings (SSSR count). The van der Waals surface area contributed by atoms with Gasteiger partial charge in [-0.05, 0) is 24.6 Å². The van der Waals surface area contributed by atoms with Crippen molar-refractivity contribution in [2.24, 2.45) is 5.92 Å². The maximum atomic E-state index is 12.7.